The molecular formula is C10H8BrNO2S. The molecule has 2 aromatic heterocycles. The zero-order valence-corrected chi connectivity index (χ0v) is 10.1. The molecule has 2 N–H and O–H groups in total. The maximum atomic E-state index is 11.9. The molecule has 0 aliphatic carbocycles. The van der Waals surface area contributed by atoms with Gasteiger partial charge in [-0.2, -0.15) is 11.3 Å². The molecule has 3 nitrogen and oxygen atoms in total. The second-order valence-corrected chi connectivity index (χ2v) is 4.53. The Kier molecular flexibility index (Phi) is 3.04. The minimum atomic E-state index is -0.122. The number of nitrogens with two attached hydrogens (primary N) is 1. The largest absolute Gasteiger partial charge is 0.456 e. The first-order chi connectivity index (χ1) is 7.22. The Morgan fingerprint density at radius 2 is 2.27 bits per heavy atom. The van der Waals surface area contributed by atoms with Crippen molar-refractivity contribution in [2.24, 2.45) is 5.73 Å². The highest BCUT2D eigenvalue weighted by Crippen LogP contribution is 2.24. The van der Waals surface area contributed by atoms with Gasteiger partial charge in [0.2, 0.25) is 5.78 Å². The summed E-state index contributed by atoms with van der Waals surface area (Å²) in [6, 6.07) is 3.36. The monoisotopic (exact) mass is 285 g/mol. The number of hydrogen-bond acceptors (Lipinski definition) is 4. The van der Waals surface area contributed by atoms with Gasteiger partial charge >= 0.3 is 0 Å². The van der Waals surface area contributed by atoms with Gasteiger partial charge in [-0.15, -0.1) is 0 Å². The molecular weight excluding hydrogens is 278 g/mol. The summed E-state index contributed by atoms with van der Waals surface area (Å²) in [5.74, 6) is 0.821. The molecule has 0 fully saturated rings. The van der Waals surface area contributed by atoms with Crippen molar-refractivity contribution in [1.29, 1.82) is 0 Å². The van der Waals surface area contributed by atoms with Crippen LogP contribution >= 0.6 is 27.3 Å². The van der Waals surface area contributed by atoms with Crippen LogP contribution in [0.2, 0.25) is 0 Å². The first kappa shape index (κ1) is 10.6. The molecule has 0 bridgehead atoms. The maximum absolute atomic E-state index is 11.9. The van der Waals surface area contributed by atoms with E-state index in [0.717, 1.165) is 4.47 Å². The van der Waals surface area contributed by atoms with Crippen LogP contribution in [0.15, 0.2) is 31.8 Å². The fourth-order valence-corrected chi connectivity index (χ4v) is 2.64. The van der Waals surface area contributed by atoms with Crippen LogP contribution in [0.1, 0.15) is 21.9 Å². The number of carbonyl (C=O) groups excluding carboxylic acids is 1. The molecule has 0 atom stereocenters. The van der Waals surface area contributed by atoms with Gasteiger partial charge in [-0.3, -0.25) is 4.79 Å². The van der Waals surface area contributed by atoms with E-state index in [-0.39, 0.29) is 5.78 Å². The van der Waals surface area contributed by atoms with Gasteiger partial charge in [-0.25, -0.2) is 0 Å². The Labute approximate surface area is 99.0 Å². The number of furan rings is 1. The standard InChI is InChI=1S/C10H8BrNO2S/c11-8-5-15-4-7(8)10(13)9-2-1-6(3-12)14-9/h1-2,4-5H,3,12H2. The van der Waals surface area contributed by atoms with Gasteiger partial charge in [-0.05, 0) is 28.1 Å². The quantitative estimate of drug-likeness (QED) is 0.883. The Hall–Kier alpha value is -0.910. The van der Waals surface area contributed by atoms with Gasteiger partial charge in [0, 0.05) is 15.2 Å². The summed E-state index contributed by atoms with van der Waals surface area (Å²) in [5.41, 5.74) is 6.02. The number of ketones is 1. The number of rotatable bonds is 3. The Morgan fingerprint density at radius 1 is 1.47 bits per heavy atom. The number of carbonyl (C=O) groups is 1. The Bertz CT molecular complexity index is 489. The first-order valence-corrected chi connectivity index (χ1v) is 6.01. The van der Waals surface area contributed by atoms with Crippen molar-refractivity contribution in [3.8, 4) is 0 Å². The normalized spacial score (nSPS) is 10.5. The summed E-state index contributed by atoms with van der Waals surface area (Å²) in [6.45, 7) is 0.304. The highest BCUT2D eigenvalue weighted by Gasteiger charge is 2.16. The summed E-state index contributed by atoms with van der Waals surface area (Å²) in [4.78, 5) is 11.9. The summed E-state index contributed by atoms with van der Waals surface area (Å²) >= 11 is 4.78. The van der Waals surface area contributed by atoms with Crippen LogP contribution in [0, 0.1) is 0 Å². The van der Waals surface area contributed by atoms with E-state index in [1.807, 2.05) is 5.38 Å². The van der Waals surface area contributed by atoms with Crippen molar-refractivity contribution in [3.63, 3.8) is 0 Å². The molecule has 0 unspecified atom stereocenters. The topological polar surface area (TPSA) is 56.2 Å². The fourth-order valence-electron chi connectivity index (χ4n) is 1.19. The highest BCUT2D eigenvalue weighted by atomic mass is 79.9. The van der Waals surface area contributed by atoms with E-state index in [0.29, 0.717) is 23.6 Å². The zero-order chi connectivity index (χ0) is 10.8. The first-order valence-electron chi connectivity index (χ1n) is 4.27. The smallest absolute Gasteiger partial charge is 0.230 e. The minimum Gasteiger partial charge on any atom is -0.456 e. The number of halogens is 1. The summed E-state index contributed by atoms with van der Waals surface area (Å²) in [7, 11) is 0. The van der Waals surface area contributed by atoms with Crippen LogP contribution in [0.4, 0.5) is 0 Å². The number of thiophene rings is 1. The third-order valence-corrected chi connectivity index (χ3v) is 3.65. The predicted octanol–water partition coefficient (Wildman–Crippen LogP) is 2.79. The van der Waals surface area contributed by atoms with Crippen molar-refractivity contribution in [3.05, 3.63) is 44.4 Å². The summed E-state index contributed by atoms with van der Waals surface area (Å²) < 4.78 is 6.08. The van der Waals surface area contributed by atoms with Gasteiger partial charge in [0.05, 0.1) is 12.1 Å². The molecule has 15 heavy (non-hydrogen) atoms. The zero-order valence-electron chi connectivity index (χ0n) is 7.70. The minimum absolute atomic E-state index is 0.122. The van der Waals surface area contributed by atoms with E-state index in [2.05, 4.69) is 15.9 Å². The summed E-state index contributed by atoms with van der Waals surface area (Å²) in [6.07, 6.45) is 0. The van der Waals surface area contributed by atoms with Crippen LogP contribution in [0.25, 0.3) is 0 Å². The van der Waals surface area contributed by atoms with Crippen molar-refractivity contribution in [2.45, 2.75) is 6.54 Å². The predicted molar refractivity (Wildman–Crippen MR) is 62.1 cm³/mol. The van der Waals surface area contributed by atoms with Gasteiger partial charge < -0.3 is 10.2 Å². The van der Waals surface area contributed by atoms with E-state index in [4.69, 9.17) is 10.2 Å². The van der Waals surface area contributed by atoms with Crippen LogP contribution in [0.5, 0.6) is 0 Å². The molecule has 0 aromatic carbocycles. The molecule has 78 valence electrons. The maximum Gasteiger partial charge on any atom is 0.230 e. The molecule has 0 saturated carbocycles. The second-order valence-electron chi connectivity index (χ2n) is 2.93. The molecule has 0 saturated heterocycles. The van der Waals surface area contributed by atoms with E-state index in [1.165, 1.54) is 11.3 Å². The molecule has 0 radical (unpaired) electrons. The van der Waals surface area contributed by atoms with Crippen molar-refractivity contribution in [1.82, 2.24) is 0 Å². The van der Waals surface area contributed by atoms with Gasteiger partial charge in [0.15, 0.2) is 5.76 Å². The van der Waals surface area contributed by atoms with E-state index in [9.17, 15) is 4.79 Å². The van der Waals surface area contributed by atoms with Crippen LogP contribution in [0.3, 0.4) is 0 Å². The SMILES string of the molecule is NCc1ccc(C(=O)c2cscc2Br)o1. The lowest BCUT2D eigenvalue weighted by Crippen LogP contribution is -1.99. The number of hydrogen-bond donors (Lipinski definition) is 1. The van der Waals surface area contributed by atoms with Gasteiger partial charge in [0.1, 0.15) is 5.76 Å². The molecule has 5 heteroatoms. The molecule has 2 rings (SSSR count). The highest BCUT2D eigenvalue weighted by molar-refractivity contribution is 9.10. The van der Waals surface area contributed by atoms with E-state index in [1.54, 1.807) is 17.5 Å². The van der Waals surface area contributed by atoms with Crippen LogP contribution < -0.4 is 5.73 Å². The molecule has 0 aliphatic rings. The fraction of sp³-hybridized carbons (Fsp3) is 0.100. The lowest BCUT2D eigenvalue weighted by molar-refractivity contribution is 0.101. The van der Waals surface area contributed by atoms with E-state index >= 15 is 0 Å². The van der Waals surface area contributed by atoms with Crippen molar-refractivity contribution in [2.75, 3.05) is 0 Å². The second kappa shape index (κ2) is 4.30. The summed E-state index contributed by atoms with van der Waals surface area (Å²) in [5, 5.41) is 3.65. The lowest BCUT2D eigenvalue weighted by Gasteiger charge is -1.94. The average Bonchev–Trinajstić information content (AvgIpc) is 2.84. The van der Waals surface area contributed by atoms with Crippen LogP contribution in [-0.4, -0.2) is 5.78 Å². The Morgan fingerprint density at radius 3 is 2.80 bits per heavy atom. The molecule has 0 amide bonds. The van der Waals surface area contributed by atoms with Crippen LogP contribution in [-0.2, 0) is 6.54 Å². The van der Waals surface area contributed by atoms with Crippen molar-refractivity contribution < 1.29 is 9.21 Å². The van der Waals surface area contributed by atoms with E-state index < -0.39 is 0 Å². The Balaban J connectivity index is 2.32. The van der Waals surface area contributed by atoms with Gasteiger partial charge in [-0.1, -0.05) is 0 Å². The average molecular weight is 286 g/mol. The third kappa shape index (κ3) is 2.04. The molecule has 2 heterocycles. The lowest BCUT2D eigenvalue weighted by atomic mass is 10.2. The molecule has 0 aliphatic heterocycles. The van der Waals surface area contributed by atoms with Gasteiger partial charge in [0.25, 0.3) is 0 Å². The van der Waals surface area contributed by atoms with Crippen molar-refractivity contribution >= 4 is 33.0 Å². The third-order valence-electron chi connectivity index (χ3n) is 1.95. The molecule has 0 spiro atoms. The molecule has 2 aromatic rings.